The second-order valence-corrected chi connectivity index (χ2v) is 5.36. The van der Waals surface area contributed by atoms with Crippen LogP contribution in [0.2, 0.25) is 0 Å². The van der Waals surface area contributed by atoms with Crippen molar-refractivity contribution >= 4 is 17.4 Å². The average molecular weight is 299 g/mol. The normalized spacial score (nSPS) is 20.7. The fourth-order valence-electron chi connectivity index (χ4n) is 2.71. The molecule has 1 fully saturated rings. The standard InChI is InChI=1S/C17H21N3O2/c1-3-13-5-7-14(8-6-13)20-17(21)15(4-2)16(18-20)19-9-11-22-12-10-19/h4-8H,3,9-12H2,1-2H3/b15-4-. The van der Waals surface area contributed by atoms with Gasteiger partial charge in [-0.1, -0.05) is 25.1 Å². The molecule has 0 aromatic heterocycles. The van der Waals surface area contributed by atoms with E-state index in [1.54, 1.807) is 0 Å². The van der Waals surface area contributed by atoms with E-state index in [2.05, 4.69) is 16.9 Å². The molecule has 1 saturated heterocycles. The van der Waals surface area contributed by atoms with Gasteiger partial charge in [0.25, 0.3) is 5.91 Å². The Morgan fingerprint density at radius 1 is 1.23 bits per heavy atom. The summed E-state index contributed by atoms with van der Waals surface area (Å²) >= 11 is 0. The summed E-state index contributed by atoms with van der Waals surface area (Å²) in [5.41, 5.74) is 2.73. The molecule has 1 aromatic carbocycles. The van der Waals surface area contributed by atoms with Crippen LogP contribution in [0.4, 0.5) is 5.69 Å². The number of aryl methyl sites for hydroxylation is 1. The average Bonchev–Trinajstić information content (AvgIpc) is 2.92. The first-order chi connectivity index (χ1) is 10.7. The van der Waals surface area contributed by atoms with E-state index in [0.29, 0.717) is 18.8 Å². The van der Waals surface area contributed by atoms with Crippen molar-refractivity contribution < 1.29 is 9.53 Å². The first kappa shape index (κ1) is 14.8. The van der Waals surface area contributed by atoms with Gasteiger partial charge in [0.1, 0.15) is 0 Å². The zero-order valence-corrected chi connectivity index (χ0v) is 13.1. The van der Waals surface area contributed by atoms with Crippen LogP contribution in [0.1, 0.15) is 19.4 Å². The highest BCUT2D eigenvalue weighted by atomic mass is 16.5. The van der Waals surface area contributed by atoms with Crippen molar-refractivity contribution in [2.75, 3.05) is 31.3 Å². The molecule has 1 amide bonds. The van der Waals surface area contributed by atoms with E-state index >= 15 is 0 Å². The first-order valence-corrected chi connectivity index (χ1v) is 7.76. The number of carbonyl (C=O) groups excluding carboxylic acids is 1. The molecule has 5 heteroatoms. The molecule has 1 aromatic rings. The molecule has 22 heavy (non-hydrogen) atoms. The van der Waals surface area contributed by atoms with Crippen molar-refractivity contribution in [3.05, 3.63) is 41.5 Å². The summed E-state index contributed by atoms with van der Waals surface area (Å²) in [4.78, 5) is 14.8. The van der Waals surface area contributed by atoms with Gasteiger partial charge >= 0.3 is 0 Å². The Morgan fingerprint density at radius 2 is 1.91 bits per heavy atom. The van der Waals surface area contributed by atoms with Crippen LogP contribution in [0.15, 0.2) is 41.0 Å². The third-order valence-corrected chi connectivity index (χ3v) is 4.05. The molecule has 2 aliphatic rings. The quantitative estimate of drug-likeness (QED) is 0.786. The Kier molecular flexibility index (Phi) is 4.24. The third kappa shape index (κ3) is 2.64. The van der Waals surface area contributed by atoms with Gasteiger partial charge in [0, 0.05) is 13.1 Å². The Morgan fingerprint density at radius 3 is 2.50 bits per heavy atom. The van der Waals surface area contributed by atoms with Gasteiger partial charge in [-0.2, -0.15) is 5.01 Å². The summed E-state index contributed by atoms with van der Waals surface area (Å²) < 4.78 is 5.38. The molecule has 0 saturated carbocycles. The second-order valence-electron chi connectivity index (χ2n) is 5.36. The van der Waals surface area contributed by atoms with Crippen molar-refractivity contribution in [3.63, 3.8) is 0 Å². The Bertz CT molecular complexity index is 613. The van der Waals surface area contributed by atoms with Gasteiger partial charge < -0.3 is 9.64 Å². The SMILES string of the molecule is C/C=C1\C(=O)N(c2ccc(CC)cc2)N=C1N1CCOCC1. The highest BCUT2D eigenvalue weighted by Gasteiger charge is 2.34. The van der Waals surface area contributed by atoms with Gasteiger partial charge in [-0.05, 0) is 31.0 Å². The van der Waals surface area contributed by atoms with Crippen LogP contribution >= 0.6 is 0 Å². The Balaban J connectivity index is 1.90. The monoisotopic (exact) mass is 299 g/mol. The Hall–Kier alpha value is -2.14. The number of carbonyl (C=O) groups is 1. The lowest BCUT2D eigenvalue weighted by molar-refractivity contribution is -0.114. The largest absolute Gasteiger partial charge is 0.378 e. The molecule has 0 bridgehead atoms. The number of amides is 1. The van der Waals surface area contributed by atoms with Crippen LogP contribution in [0.5, 0.6) is 0 Å². The van der Waals surface area contributed by atoms with Gasteiger partial charge in [0.2, 0.25) is 0 Å². The molecule has 0 unspecified atom stereocenters. The van der Waals surface area contributed by atoms with E-state index < -0.39 is 0 Å². The number of morpholine rings is 1. The molecule has 5 nitrogen and oxygen atoms in total. The van der Waals surface area contributed by atoms with Crippen LogP contribution in [0.3, 0.4) is 0 Å². The first-order valence-electron chi connectivity index (χ1n) is 7.76. The third-order valence-electron chi connectivity index (χ3n) is 4.05. The van der Waals surface area contributed by atoms with E-state index in [0.717, 1.165) is 31.0 Å². The van der Waals surface area contributed by atoms with E-state index in [1.165, 1.54) is 10.6 Å². The zero-order chi connectivity index (χ0) is 15.5. The maximum Gasteiger partial charge on any atom is 0.282 e. The predicted molar refractivity (Wildman–Crippen MR) is 86.9 cm³/mol. The molecule has 0 atom stereocenters. The maximum atomic E-state index is 12.6. The summed E-state index contributed by atoms with van der Waals surface area (Å²) in [6, 6.07) is 7.99. The minimum Gasteiger partial charge on any atom is -0.378 e. The topological polar surface area (TPSA) is 45.1 Å². The number of allylic oxidation sites excluding steroid dienone is 1. The van der Waals surface area contributed by atoms with E-state index in [9.17, 15) is 4.79 Å². The zero-order valence-electron chi connectivity index (χ0n) is 13.1. The molecular formula is C17H21N3O2. The van der Waals surface area contributed by atoms with Crippen molar-refractivity contribution in [2.24, 2.45) is 5.10 Å². The van der Waals surface area contributed by atoms with Gasteiger partial charge in [-0.25, -0.2) is 0 Å². The van der Waals surface area contributed by atoms with E-state index in [1.807, 2.05) is 37.3 Å². The molecule has 0 spiro atoms. The van der Waals surface area contributed by atoms with Crippen LogP contribution in [-0.4, -0.2) is 42.9 Å². The molecule has 0 aliphatic carbocycles. The van der Waals surface area contributed by atoms with Crippen LogP contribution < -0.4 is 5.01 Å². The minimum absolute atomic E-state index is 0.0618. The summed E-state index contributed by atoms with van der Waals surface area (Å²) in [7, 11) is 0. The van der Waals surface area contributed by atoms with Crippen molar-refractivity contribution in [1.29, 1.82) is 0 Å². The van der Waals surface area contributed by atoms with Crippen molar-refractivity contribution in [3.8, 4) is 0 Å². The number of hydrogen-bond acceptors (Lipinski definition) is 4. The molecule has 2 heterocycles. The number of benzene rings is 1. The number of nitrogens with zero attached hydrogens (tertiary/aromatic N) is 3. The fourth-order valence-corrected chi connectivity index (χ4v) is 2.71. The van der Waals surface area contributed by atoms with Crippen molar-refractivity contribution in [2.45, 2.75) is 20.3 Å². The predicted octanol–water partition coefficient (Wildman–Crippen LogP) is 2.19. The van der Waals surface area contributed by atoms with Gasteiger partial charge in [0.15, 0.2) is 5.84 Å². The number of hydrogen-bond donors (Lipinski definition) is 0. The summed E-state index contributed by atoms with van der Waals surface area (Å²) in [5, 5.41) is 6.07. The smallest absolute Gasteiger partial charge is 0.282 e. The van der Waals surface area contributed by atoms with Crippen LogP contribution in [-0.2, 0) is 16.0 Å². The van der Waals surface area contributed by atoms with Crippen LogP contribution in [0, 0.1) is 0 Å². The number of amidine groups is 1. The van der Waals surface area contributed by atoms with E-state index in [-0.39, 0.29) is 5.91 Å². The summed E-state index contributed by atoms with van der Waals surface area (Å²) in [5.74, 6) is 0.698. The molecule has 0 radical (unpaired) electrons. The van der Waals surface area contributed by atoms with Gasteiger partial charge in [-0.3, -0.25) is 4.79 Å². The summed E-state index contributed by atoms with van der Waals surface area (Å²) in [6.07, 6.45) is 2.83. The molecule has 2 aliphatic heterocycles. The number of ether oxygens (including phenoxy) is 1. The number of anilines is 1. The molecule has 0 N–H and O–H groups in total. The lowest BCUT2D eigenvalue weighted by Gasteiger charge is -2.28. The van der Waals surface area contributed by atoms with Gasteiger partial charge in [0.05, 0.1) is 24.5 Å². The lowest BCUT2D eigenvalue weighted by atomic mass is 10.1. The fraction of sp³-hybridized carbons (Fsp3) is 0.412. The Labute approximate surface area is 130 Å². The minimum atomic E-state index is -0.0618. The second kappa shape index (κ2) is 6.32. The van der Waals surface area contributed by atoms with E-state index in [4.69, 9.17) is 4.74 Å². The van der Waals surface area contributed by atoms with Crippen molar-refractivity contribution in [1.82, 2.24) is 4.90 Å². The lowest BCUT2D eigenvalue weighted by Crippen LogP contribution is -2.41. The molecule has 116 valence electrons. The van der Waals surface area contributed by atoms with Gasteiger partial charge in [-0.15, -0.1) is 5.10 Å². The molecule has 3 rings (SSSR count). The highest BCUT2D eigenvalue weighted by molar-refractivity contribution is 6.29. The number of hydrazone groups is 1. The molecular weight excluding hydrogens is 278 g/mol. The maximum absolute atomic E-state index is 12.6. The summed E-state index contributed by atoms with van der Waals surface area (Å²) in [6.45, 7) is 6.89. The highest BCUT2D eigenvalue weighted by Crippen LogP contribution is 2.25. The number of rotatable bonds is 2. The van der Waals surface area contributed by atoms with Crippen LogP contribution in [0.25, 0.3) is 0 Å².